The Labute approximate surface area is 89.0 Å². The van der Waals surface area contributed by atoms with Gasteiger partial charge in [0.1, 0.15) is 0 Å². The van der Waals surface area contributed by atoms with Crippen LogP contribution in [0.25, 0.3) is 0 Å². The van der Waals surface area contributed by atoms with Gasteiger partial charge < -0.3 is 5.32 Å². The highest BCUT2D eigenvalue weighted by molar-refractivity contribution is 8.82. The van der Waals surface area contributed by atoms with Crippen molar-refractivity contribution in [1.82, 2.24) is 5.32 Å². The largest absolute Gasteiger partial charge is 0.346 e. The lowest BCUT2D eigenvalue weighted by atomic mass is 10.3. The average molecular weight is 221 g/mol. The van der Waals surface area contributed by atoms with Crippen LogP contribution < -0.4 is 5.32 Å². The molecule has 0 atom stereocenters. The van der Waals surface area contributed by atoms with Crippen LogP contribution in [-0.2, 0) is 0 Å². The molecule has 78 valence electrons. The van der Waals surface area contributed by atoms with Crippen LogP contribution in [0.15, 0.2) is 0 Å². The normalized spacial score (nSPS) is 10.0. The Morgan fingerprint density at radius 2 is 1.92 bits per heavy atom. The number of amides is 1. The molecule has 13 heavy (non-hydrogen) atoms. The Morgan fingerprint density at radius 3 is 2.54 bits per heavy atom. The van der Waals surface area contributed by atoms with Crippen LogP contribution in [0.1, 0.15) is 39.5 Å². The van der Waals surface area contributed by atoms with Gasteiger partial charge >= 0.3 is 0 Å². The first kappa shape index (κ1) is 13.2. The minimum absolute atomic E-state index is 0.106. The molecule has 0 heterocycles. The SMILES string of the molecule is CCCCNC(=O)SSCCCC. The number of nitrogens with one attached hydrogen (secondary N) is 1. The molecule has 0 aliphatic heterocycles. The van der Waals surface area contributed by atoms with Crippen molar-refractivity contribution in [2.45, 2.75) is 39.5 Å². The summed E-state index contributed by atoms with van der Waals surface area (Å²) in [5.74, 6) is 1.07. The molecule has 0 aliphatic carbocycles. The first-order valence-corrected chi connectivity index (χ1v) is 7.20. The minimum atomic E-state index is 0.106. The summed E-state index contributed by atoms with van der Waals surface area (Å²) >= 11 is 0. The van der Waals surface area contributed by atoms with Gasteiger partial charge in [-0.3, -0.25) is 4.79 Å². The molecule has 0 fully saturated rings. The van der Waals surface area contributed by atoms with Crippen molar-refractivity contribution in [2.75, 3.05) is 12.3 Å². The number of carbonyl (C=O) groups excluding carboxylic acids is 1. The predicted molar refractivity (Wildman–Crippen MR) is 63.3 cm³/mol. The van der Waals surface area contributed by atoms with Gasteiger partial charge in [0.05, 0.1) is 0 Å². The monoisotopic (exact) mass is 221 g/mol. The Balaban J connectivity index is 3.11. The minimum Gasteiger partial charge on any atom is -0.346 e. The van der Waals surface area contributed by atoms with E-state index in [0.717, 1.165) is 25.1 Å². The van der Waals surface area contributed by atoms with Gasteiger partial charge in [0.25, 0.3) is 5.24 Å². The summed E-state index contributed by atoms with van der Waals surface area (Å²) in [5, 5.41) is 2.97. The molecule has 0 spiro atoms. The molecule has 0 aromatic heterocycles. The van der Waals surface area contributed by atoms with Crippen molar-refractivity contribution in [3.05, 3.63) is 0 Å². The fraction of sp³-hybridized carbons (Fsp3) is 0.889. The zero-order valence-electron chi connectivity index (χ0n) is 8.47. The van der Waals surface area contributed by atoms with Gasteiger partial charge in [-0.1, -0.05) is 37.5 Å². The van der Waals surface area contributed by atoms with Crippen molar-refractivity contribution in [2.24, 2.45) is 0 Å². The maximum atomic E-state index is 11.1. The van der Waals surface area contributed by atoms with Crippen molar-refractivity contribution >= 4 is 26.8 Å². The second-order valence-corrected chi connectivity index (χ2v) is 5.22. The summed E-state index contributed by atoms with van der Waals surface area (Å²) < 4.78 is 0. The molecular formula is C9H19NOS2. The number of carbonyl (C=O) groups is 1. The lowest BCUT2D eigenvalue weighted by Gasteiger charge is -2.02. The molecular weight excluding hydrogens is 202 g/mol. The van der Waals surface area contributed by atoms with Crippen molar-refractivity contribution < 1.29 is 4.79 Å². The summed E-state index contributed by atoms with van der Waals surface area (Å²) in [7, 11) is 2.98. The van der Waals surface area contributed by atoms with E-state index < -0.39 is 0 Å². The second kappa shape index (κ2) is 10.3. The zero-order chi connectivity index (χ0) is 9.94. The molecule has 0 bridgehead atoms. The topological polar surface area (TPSA) is 29.1 Å². The first-order valence-electron chi connectivity index (χ1n) is 4.88. The zero-order valence-corrected chi connectivity index (χ0v) is 10.1. The van der Waals surface area contributed by atoms with Gasteiger partial charge in [0, 0.05) is 23.1 Å². The highest BCUT2D eigenvalue weighted by Gasteiger charge is 2.00. The van der Waals surface area contributed by atoms with E-state index in [9.17, 15) is 4.79 Å². The predicted octanol–water partition coefficient (Wildman–Crippen LogP) is 3.68. The maximum Gasteiger partial charge on any atom is 0.289 e. The Morgan fingerprint density at radius 1 is 1.23 bits per heavy atom. The maximum absolute atomic E-state index is 11.1. The first-order chi connectivity index (χ1) is 6.31. The van der Waals surface area contributed by atoms with E-state index in [1.165, 1.54) is 23.6 Å². The Hall–Kier alpha value is 0.170. The van der Waals surface area contributed by atoms with E-state index in [0.29, 0.717) is 0 Å². The quantitative estimate of drug-likeness (QED) is 0.525. The third-order valence-electron chi connectivity index (χ3n) is 1.52. The summed E-state index contributed by atoms with van der Waals surface area (Å²) in [6, 6.07) is 0. The van der Waals surface area contributed by atoms with E-state index in [1.807, 2.05) is 0 Å². The summed E-state index contributed by atoms with van der Waals surface area (Å²) in [5.41, 5.74) is 0. The molecule has 1 amide bonds. The van der Waals surface area contributed by atoms with Crippen molar-refractivity contribution in [1.29, 1.82) is 0 Å². The van der Waals surface area contributed by atoms with E-state index in [1.54, 1.807) is 10.8 Å². The third kappa shape index (κ3) is 10.1. The molecule has 0 aromatic carbocycles. The van der Waals surface area contributed by atoms with E-state index in [2.05, 4.69) is 19.2 Å². The molecule has 0 saturated heterocycles. The second-order valence-electron chi connectivity index (χ2n) is 2.83. The van der Waals surface area contributed by atoms with Crippen LogP contribution in [0.2, 0.25) is 0 Å². The van der Waals surface area contributed by atoms with Crippen molar-refractivity contribution in [3.8, 4) is 0 Å². The van der Waals surface area contributed by atoms with E-state index in [4.69, 9.17) is 0 Å². The third-order valence-corrected chi connectivity index (χ3v) is 3.69. The number of hydrogen-bond acceptors (Lipinski definition) is 3. The highest BCUT2D eigenvalue weighted by atomic mass is 33.1. The smallest absolute Gasteiger partial charge is 0.289 e. The summed E-state index contributed by atoms with van der Waals surface area (Å²) in [6.45, 7) is 5.10. The van der Waals surface area contributed by atoms with Crippen LogP contribution >= 0.6 is 21.6 Å². The van der Waals surface area contributed by atoms with E-state index in [-0.39, 0.29) is 5.24 Å². The van der Waals surface area contributed by atoms with Crippen LogP contribution in [0.5, 0.6) is 0 Å². The standard InChI is InChI=1S/C9H19NOS2/c1-3-5-7-10-9(11)13-12-8-6-4-2/h3-8H2,1-2H3,(H,10,11). The van der Waals surface area contributed by atoms with Crippen LogP contribution in [0.3, 0.4) is 0 Å². The van der Waals surface area contributed by atoms with Crippen LogP contribution in [0.4, 0.5) is 4.79 Å². The fourth-order valence-corrected chi connectivity index (χ4v) is 2.55. The average Bonchev–Trinajstić information content (AvgIpc) is 2.13. The van der Waals surface area contributed by atoms with Gasteiger partial charge in [0.2, 0.25) is 0 Å². The lowest BCUT2D eigenvalue weighted by molar-refractivity contribution is 0.261. The molecule has 0 rings (SSSR count). The summed E-state index contributed by atoms with van der Waals surface area (Å²) in [6.07, 6.45) is 4.60. The Kier molecular flexibility index (Phi) is 10.4. The van der Waals surface area contributed by atoms with E-state index >= 15 is 0 Å². The van der Waals surface area contributed by atoms with Gasteiger partial charge in [-0.05, 0) is 12.8 Å². The molecule has 1 N–H and O–H groups in total. The van der Waals surface area contributed by atoms with Crippen molar-refractivity contribution in [3.63, 3.8) is 0 Å². The lowest BCUT2D eigenvalue weighted by Crippen LogP contribution is -2.18. The highest BCUT2D eigenvalue weighted by Crippen LogP contribution is 2.22. The summed E-state index contributed by atoms with van der Waals surface area (Å²) in [4.78, 5) is 11.1. The molecule has 0 unspecified atom stereocenters. The molecule has 0 aromatic rings. The number of hydrogen-bond donors (Lipinski definition) is 1. The molecule has 0 radical (unpaired) electrons. The van der Waals surface area contributed by atoms with Crippen LogP contribution in [-0.4, -0.2) is 17.5 Å². The molecule has 0 aliphatic rings. The number of rotatable bonds is 7. The van der Waals surface area contributed by atoms with Gasteiger partial charge in [-0.2, -0.15) is 0 Å². The fourth-order valence-electron chi connectivity index (χ4n) is 0.695. The van der Waals surface area contributed by atoms with Gasteiger partial charge in [-0.15, -0.1) is 0 Å². The van der Waals surface area contributed by atoms with Crippen LogP contribution in [0, 0.1) is 0 Å². The molecule has 4 heteroatoms. The van der Waals surface area contributed by atoms with Gasteiger partial charge in [0.15, 0.2) is 0 Å². The van der Waals surface area contributed by atoms with Gasteiger partial charge in [-0.25, -0.2) is 0 Å². The molecule has 0 saturated carbocycles. The molecule has 2 nitrogen and oxygen atoms in total. The number of unbranched alkanes of at least 4 members (excludes halogenated alkanes) is 2. The Bertz CT molecular complexity index is 131.